The van der Waals surface area contributed by atoms with Crippen LogP contribution in [0.15, 0.2) is 0 Å². The zero-order valence-electron chi connectivity index (χ0n) is 18.4. The van der Waals surface area contributed by atoms with E-state index in [0.717, 1.165) is 45.5 Å². The second-order valence-corrected chi connectivity index (χ2v) is 8.56. The van der Waals surface area contributed by atoms with Crippen LogP contribution in [0.25, 0.3) is 0 Å². The van der Waals surface area contributed by atoms with E-state index in [0.29, 0.717) is 6.61 Å². The largest absolute Gasteiger partial charge is 0.387 e. The molecule has 0 radical (unpaired) electrons. The van der Waals surface area contributed by atoms with Gasteiger partial charge in [-0.25, -0.2) is 0 Å². The molecule has 2 aliphatic rings. The smallest absolute Gasteiger partial charge is 0.0904 e. The van der Waals surface area contributed by atoms with Crippen molar-refractivity contribution in [3.05, 3.63) is 0 Å². The lowest BCUT2D eigenvalue weighted by molar-refractivity contribution is -0.0925. The minimum absolute atomic E-state index is 0.198. The van der Waals surface area contributed by atoms with Gasteiger partial charge in [-0.3, -0.25) is 4.90 Å². The van der Waals surface area contributed by atoms with Crippen LogP contribution in [-0.4, -0.2) is 96.5 Å². The number of likely N-dealkylation sites (tertiary alicyclic amines) is 1. The van der Waals surface area contributed by atoms with Crippen molar-refractivity contribution in [3.8, 4) is 0 Å². The Morgan fingerprint density at radius 3 is 1.96 bits per heavy atom. The lowest BCUT2D eigenvalue weighted by atomic mass is 9.89. The standard InChI is InChI=1S/C19H39N3O2.C2H6/c1-5-20-12-14-21(15-13-20)9-6-16-24-17-19(23)7-10-22(11-8-19)18(2,3)4;1-2/h23H,5-17H2,1-4H3;1-2H3. The lowest BCUT2D eigenvalue weighted by Crippen LogP contribution is -2.53. The number of rotatable bonds is 7. The summed E-state index contributed by atoms with van der Waals surface area (Å²) in [6, 6.07) is 0. The predicted molar refractivity (Wildman–Crippen MR) is 111 cm³/mol. The summed E-state index contributed by atoms with van der Waals surface area (Å²) in [5.74, 6) is 0. The molecular weight excluding hydrogens is 326 g/mol. The molecule has 0 atom stereocenters. The highest BCUT2D eigenvalue weighted by atomic mass is 16.5. The van der Waals surface area contributed by atoms with Crippen LogP contribution in [0.5, 0.6) is 0 Å². The quantitative estimate of drug-likeness (QED) is 0.697. The Morgan fingerprint density at radius 2 is 1.46 bits per heavy atom. The third kappa shape index (κ3) is 8.22. The normalized spacial score (nSPS) is 22.7. The van der Waals surface area contributed by atoms with Gasteiger partial charge in [-0.1, -0.05) is 20.8 Å². The first-order chi connectivity index (χ1) is 12.3. The summed E-state index contributed by atoms with van der Waals surface area (Å²) in [5.41, 5.74) is -0.418. The molecule has 0 bridgehead atoms. The average Bonchev–Trinajstić information content (AvgIpc) is 2.63. The Balaban J connectivity index is 0.00000163. The van der Waals surface area contributed by atoms with Crippen molar-refractivity contribution in [2.24, 2.45) is 0 Å². The van der Waals surface area contributed by atoms with E-state index in [-0.39, 0.29) is 5.54 Å². The number of hydrogen-bond acceptors (Lipinski definition) is 5. The van der Waals surface area contributed by atoms with Crippen molar-refractivity contribution < 1.29 is 9.84 Å². The summed E-state index contributed by atoms with van der Waals surface area (Å²) in [4.78, 5) is 7.50. The summed E-state index contributed by atoms with van der Waals surface area (Å²) >= 11 is 0. The Labute approximate surface area is 162 Å². The van der Waals surface area contributed by atoms with Crippen molar-refractivity contribution in [1.82, 2.24) is 14.7 Å². The Bertz CT molecular complexity index is 355. The average molecular weight is 372 g/mol. The van der Waals surface area contributed by atoms with Crippen LogP contribution in [0.2, 0.25) is 0 Å². The van der Waals surface area contributed by atoms with Gasteiger partial charge in [0.2, 0.25) is 0 Å². The Morgan fingerprint density at radius 1 is 0.923 bits per heavy atom. The molecule has 0 unspecified atom stereocenters. The van der Waals surface area contributed by atoms with Gasteiger partial charge in [0.05, 0.1) is 12.2 Å². The number of piperidine rings is 1. The predicted octanol–water partition coefficient (Wildman–Crippen LogP) is 2.68. The molecule has 5 nitrogen and oxygen atoms in total. The van der Waals surface area contributed by atoms with Crippen LogP contribution in [0.1, 0.15) is 60.8 Å². The maximum Gasteiger partial charge on any atom is 0.0904 e. The number of nitrogens with zero attached hydrogens (tertiary/aromatic N) is 3. The fraction of sp³-hybridized carbons (Fsp3) is 1.00. The zero-order chi connectivity index (χ0) is 19.6. The Hall–Kier alpha value is -0.200. The first-order valence-electron chi connectivity index (χ1n) is 10.8. The second kappa shape index (κ2) is 11.6. The molecule has 156 valence electrons. The zero-order valence-corrected chi connectivity index (χ0v) is 18.4. The van der Waals surface area contributed by atoms with E-state index in [2.05, 4.69) is 42.4 Å². The molecule has 0 aromatic carbocycles. The molecule has 2 fully saturated rings. The number of aliphatic hydroxyl groups is 1. The van der Waals surface area contributed by atoms with Crippen LogP contribution in [-0.2, 0) is 4.74 Å². The van der Waals surface area contributed by atoms with Crippen LogP contribution < -0.4 is 0 Å². The van der Waals surface area contributed by atoms with Gasteiger partial charge in [-0.2, -0.15) is 0 Å². The fourth-order valence-electron chi connectivity index (χ4n) is 3.72. The van der Waals surface area contributed by atoms with Crippen LogP contribution in [0.4, 0.5) is 0 Å². The molecule has 0 aliphatic carbocycles. The third-order valence-corrected chi connectivity index (χ3v) is 5.69. The molecule has 0 amide bonds. The molecule has 0 saturated carbocycles. The molecule has 2 rings (SSSR count). The SMILES string of the molecule is CC.CCN1CCN(CCCOCC2(O)CCN(C(C)(C)C)CC2)CC1. The van der Waals surface area contributed by atoms with Gasteiger partial charge in [-0.15, -0.1) is 0 Å². The minimum atomic E-state index is -0.617. The third-order valence-electron chi connectivity index (χ3n) is 5.69. The van der Waals surface area contributed by atoms with Crippen molar-refractivity contribution in [3.63, 3.8) is 0 Å². The van der Waals surface area contributed by atoms with E-state index in [4.69, 9.17) is 4.74 Å². The highest BCUT2D eigenvalue weighted by Gasteiger charge is 2.35. The van der Waals surface area contributed by atoms with Crippen LogP contribution in [0.3, 0.4) is 0 Å². The lowest BCUT2D eigenvalue weighted by Gasteiger charge is -2.44. The molecule has 1 N–H and O–H groups in total. The molecule has 2 heterocycles. The molecule has 0 aromatic heterocycles. The van der Waals surface area contributed by atoms with Gasteiger partial charge < -0.3 is 19.6 Å². The van der Waals surface area contributed by atoms with E-state index >= 15 is 0 Å². The second-order valence-electron chi connectivity index (χ2n) is 8.56. The first-order valence-corrected chi connectivity index (χ1v) is 10.8. The molecule has 5 heteroatoms. The summed E-state index contributed by atoms with van der Waals surface area (Å²) in [5, 5.41) is 10.7. The molecular formula is C21H45N3O2. The number of ether oxygens (including phenoxy) is 1. The van der Waals surface area contributed by atoms with Gasteiger partial charge in [0.25, 0.3) is 0 Å². The van der Waals surface area contributed by atoms with Crippen LogP contribution in [0, 0.1) is 0 Å². The topological polar surface area (TPSA) is 39.2 Å². The van der Waals surface area contributed by atoms with E-state index in [1.807, 2.05) is 13.8 Å². The van der Waals surface area contributed by atoms with E-state index in [1.54, 1.807) is 0 Å². The van der Waals surface area contributed by atoms with E-state index < -0.39 is 5.60 Å². The molecule has 26 heavy (non-hydrogen) atoms. The summed E-state index contributed by atoms with van der Waals surface area (Å²) in [7, 11) is 0. The van der Waals surface area contributed by atoms with Gasteiger partial charge >= 0.3 is 0 Å². The molecule has 0 aromatic rings. The van der Waals surface area contributed by atoms with Crippen molar-refractivity contribution in [2.75, 3.05) is 65.6 Å². The van der Waals surface area contributed by atoms with E-state index in [1.165, 1.54) is 32.7 Å². The van der Waals surface area contributed by atoms with Crippen molar-refractivity contribution in [2.45, 2.75) is 71.9 Å². The Kier molecular flexibility index (Phi) is 10.6. The highest BCUT2D eigenvalue weighted by Crippen LogP contribution is 2.27. The van der Waals surface area contributed by atoms with Crippen molar-refractivity contribution in [1.29, 1.82) is 0 Å². The molecule has 2 aliphatic heterocycles. The number of piperazine rings is 1. The van der Waals surface area contributed by atoms with E-state index in [9.17, 15) is 5.11 Å². The van der Waals surface area contributed by atoms with Crippen molar-refractivity contribution >= 4 is 0 Å². The monoisotopic (exact) mass is 371 g/mol. The molecule has 2 saturated heterocycles. The first kappa shape index (κ1) is 23.8. The van der Waals surface area contributed by atoms with Crippen LogP contribution >= 0.6 is 0 Å². The van der Waals surface area contributed by atoms with Gasteiger partial charge in [0, 0.05) is 58.0 Å². The number of likely N-dealkylation sites (N-methyl/N-ethyl adjacent to an activating group) is 1. The highest BCUT2D eigenvalue weighted by molar-refractivity contribution is 4.90. The fourth-order valence-corrected chi connectivity index (χ4v) is 3.72. The summed E-state index contributed by atoms with van der Waals surface area (Å²) in [6.07, 6.45) is 2.71. The number of hydrogen-bond donors (Lipinski definition) is 1. The molecule has 0 spiro atoms. The summed E-state index contributed by atoms with van der Waals surface area (Å²) in [6.45, 7) is 23.2. The maximum absolute atomic E-state index is 10.7. The van der Waals surface area contributed by atoms with Gasteiger partial charge in [0.1, 0.15) is 0 Å². The van der Waals surface area contributed by atoms with Gasteiger partial charge in [-0.05, 0) is 46.6 Å². The summed E-state index contributed by atoms with van der Waals surface area (Å²) < 4.78 is 5.82. The minimum Gasteiger partial charge on any atom is -0.387 e. The maximum atomic E-state index is 10.7. The van der Waals surface area contributed by atoms with Gasteiger partial charge in [0.15, 0.2) is 0 Å².